The topological polar surface area (TPSA) is 40.2 Å². The Hall–Kier alpha value is -0.495. The second-order valence-corrected chi connectivity index (χ2v) is 8.52. The molecule has 0 amide bonds. The molecule has 2 fully saturated rings. The van der Waals surface area contributed by atoms with Crippen molar-refractivity contribution < 1.29 is 18.8 Å². The lowest BCUT2D eigenvalue weighted by Crippen LogP contribution is -2.41. The van der Waals surface area contributed by atoms with Gasteiger partial charge in [0.15, 0.2) is 5.75 Å². The minimum Gasteiger partial charge on any atom is -0.489 e. The summed E-state index contributed by atoms with van der Waals surface area (Å²) in [7, 11) is -0.502. The molecule has 26 heavy (non-hydrogen) atoms. The number of ether oxygens (including phenoxy) is 2. The molecule has 0 bridgehead atoms. The Morgan fingerprint density at radius 2 is 1.58 bits per heavy atom. The zero-order chi connectivity index (χ0) is 18.9. The van der Waals surface area contributed by atoms with Crippen molar-refractivity contribution in [3.8, 4) is 5.75 Å². The van der Waals surface area contributed by atoms with E-state index in [2.05, 4.69) is 4.90 Å². The number of halogens is 2. The van der Waals surface area contributed by atoms with Crippen molar-refractivity contribution in [1.82, 2.24) is 4.90 Å². The minimum absolute atomic E-state index is 0.413. The fraction of sp³-hybridized carbons (Fsp3) is 0.667. The molecule has 0 radical (unpaired) electrons. The van der Waals surface area contributed by atoms with Crippen molar-refractivity contribution in [2.24, 2.45) is 0 Å². The number of rotatable bonds is 5. The number of morpholine rings is 1. The number of hydrogen-bond donors (Lipinski definition) is 0. The first-order valence-electron chi connectivity index (χ1n) is 8.97. The van der Waals surface area contributed by atoms with E-state index in [1.165, 1.54) is 0 Å². The van der Waals surface area contributed by atoms with E-state index < -0.39 is 18.3 Å². The van der Waals surface area contributed by atoms with E-state index in [4.69, 9.17) is 42.0 Å². The minimum atomic E-state index is -0.502. The summed E-state index contributed by atoms with van der Waals surface area (Å²) in [6.45, 7) is 12.8. The standard InChI is InChI=1S/C18H26BCl2NO4/c1-17(2)18(3,4)26-19(25-17)13-11-14(20)16(15(21)12-13)24-10-7-22-5-8-23-9-6-22/h11-12H,5-10H2,1-4H3. The Bertz CT molecular complexity index is 611. The van der Waals surface area contributed by atoms with Gasteiger partial charge in [0, 0.05) is 19.6 Å². The Morgan fingerprint density at radius 3 is 2.12 bits per heavy atom. The van der Waals surface area contributed by atoms with Crippen molar-refractivity contribution in [2.75, 3.05) is 39.5 Å². The smallest absolute Gasteiger partial charge is 0.489 e. The lowest BCUT2D eigenvalue weighted by molar-refractivity contribution is 0.00578. The highest BCUT2D eigenvalue weighted by Crippen LogP contribution is 2.38. The molecule has 2 saturated heterocycles. The highest BCUT2D eigenvalue weighted by atomic mass is 35.5. The van der Waals surface area contributed by atoms with Crippen LogP contribution < -0.4 is 10.2 Å². The molecule has 144 valence electrons. The Labute approximate surface area is 166 Å². The molecule has 8 heteroatoms. The van der Waals surface area contributed by atoms with Gasteiger partial charge in [-0.25, -0.2) is 0 Å². The molecule has 1 aromatic rings. The third-order valence-corrected chi connectivity index (χ3v) is 5.87. The predicted octanol–water partition coefficient (Wildman–Crippen LogP) is 3.00. The van der Waals surface area contributed by atoms with Crippen LogP contribution in [-0.2, 0) is 14.0 Å². The molecule has 5 nitrogen and oxygen atoms in total. The van der Waals surface area contributed by atoms with Gasteiger partial charge >= 0.3 is 7.12 Å². The van der Waals surface area contributed by atoms with Crippen LogP contribution in [0.3, 0.4) is 0 Å². The van der Waals surface area contributed by atoms with E-state index in [0.29, 0.717) is 22.4 Å². The highest BCUT2D eigenvalue weighted by Gasteiger charge is 2.51. The molecule has 0 unspecified atom stereocenters. The maximum Gasteiger partial charge on any atom is 0.494 e. The van der Waals surface area contributed by atoms with Gasteiger partial charge in [-0.3, -0.25) is 4.90 Å². The monoisotopic (exact) mass is 401 g/mol. The Kier molecular flexibility index (Phi) is 6.12. The number of nitrogens with zero attached hydrogens (tertiary/aromatic N) is 1. The van der Waals surface area contributed by atoms with E-state index in [-0.39, 0.29) is 0 Å². The fourth-order valence-electron chi connectivity index (χ4n) is 2.93. The van der Waals surface area contributed by atoms with Crippen LogP contribution in [0.15, 0.2) is 12.1 Å². The highest BCUT2D eigenvalue weighted by molar-refractivity contribution is 6.63. The molecule has 0 aliphatic carbocycles. The van der Waals surface area contributed by atoms with Crippen LogP contribution in [0.2, 0.25) is 10.0 Å². The lowest BCUT2D eigenvalue weighted by Gasteiger charge is -2.32. The van der Waals surface area contributed by atoms with E-state index in [0.717, 1.165) is 38.3 Å². The van der Waals surface area contributed by atoms with Gasteiger partial charge in [-0.2, -0.15) is 0 Å². The normalized spacial score (nSPS) is 22.6. The van der Waals surface area contributed by atoms with Crippen molar-refractivity contribution in [1.29, 1.82) is 0 Å². The second-order valence-electron chi connectivity index (χ2n) is 7.70. The maximum atomic E-state index is 6.42. The molecule has 2 heterocycles. The molecule has 0 atom stereocenters. The fourth-order valence-corrected chi connectivity index (χ4v) is 3.55. The summed E-state index contributed by atoms with van der Waals surface area (Å²) in [4.78, 5) is 2.30. The van der Waals surface area contributed by atoms with Crippen LogP contribution >= 0.6 is 23.2 Å². The third-order valence-electron chi connectivity index (χ3n) is 5.30. The third kappa shape index (κ3) is 4.32. The summed E-state index contributed by atoms with van der Waals surface area (Å²) >= 11 is 12.8. The van der Waals surface area contributed by atoms with Gasteiger partial charge in [0.2, 0.25) is 0 Å². The molecular formula is C18H26BCl2NO4. The quantitative estimate of drug-likeness (QED) is 0.709. The van der Waals surface area contributed by atoms with Gasteiger partial charge in [0.05, 0.1) is 34.5 Å². The predicted molar refractivity (Wildman–Crippen MR) is 105 cm³/mol. The summed E-state index contributed by atoms with van der Waals surface area (Å²) in [5.41, 5.74) is -0.0346. The van der Waals surface area contributed by atoms with Crippen molar-refractivity contribution >= 4 is 35.8 Å². The zero-order valence-electron chi connectivity index (χ0n) is 15.8. The SMILES string of the molecule is CC1(C)OB(c2cc(Cl)c(OCCN3CCOCC3)c(Cl)c2)OC1(C)C. The van der Waals surface area contributed by atoms with Crippen LogP contribution in [-0.4, -0.2) is 62.7 Å². The molecule has 3 rings (SSSR count). The summed E-state index contributed by atoms with van der Waals surface area (Å²) in [5.74, 6) is 0.502. The van der Waals surface area contributed by atoms with Crippen LogP contribution in [0, 0.1) is 0 Å². The van der Waals surface area contributed by atoms with E-state index in [9.17, 15) is 0 Å². The largest absolute Gasteiger partial charge is 0.494 e. The number of hydrogen-bond acceptors (Lipinski definition) is 5. The molecule has 2 aliphatic heterocycles. The molecule has 0 aromatic heterocycles. The van der Waals surface area contributed by atoms with Crippen LogP contribution in [0.25, 0.3) is 0 Å². The van der Waals surface area contributed by atoms with Crippen molar-refractivity contribution in [2.45, 2.75) is 38.9 Å². The maximum absolute atomic E-state index is 6.42. The Balaban J connectivity index is 1.65. The lowest BCUT2D eigenvalue weighted by atomic mass is 9.79. The molecule has 0 spiro atoms. The van der Waals surface area contributed by atoms with Gasteiger partial charge in [-0.1, -0.05) is 23.2 Å². The Morgan fingerprint density at radius 1 is 1.04 bits per heavy atom. The van der Waals surface area contributed by atoms with Gasteiger partial charge in [0.1, 0.15) is 6.61 Å². The molecule has 2 aliphatic rings. The molecule has 0 N–H and O–H groups in total. The molecular weight excluding hydrogens is 376 g/mol. The van der Waals surface area contributed by atoms with Gasteiger partial charge in [-0.05, 0) is 45.3 Å². The van der Waals surface area contributed by atoms with Crippen molar-refractivity contribution in [3.63, 3.8) is 0 Å². The van der Waals surface area contributed by atoms with Crippen LogP contribution in [0.5, 0.6) is 5.75 Å². The second kappa shape index (κ2) is 7.86. The first kappa shape index (κ1) is 20.2. The zero-order valence-corrected chi connectivity index (χ0v) is 17.3. The summed E-state index contributed by atoms with van der Waals surface area (Å²) < 4.78 is 23.3. The van der Waals surface area contributed by atoms with E-state index in [1.807, 2.05) is 27.7 Å². The van der Waals surface area contributed by atoms with E-state index >= 15 is 0 Å². The number of benzene rings is 1. The molecule has 1 aromatic carbocycles. The molecule has 0 saturated carbocycles. The van der Waals surface area contributed by atoms with Gasteiger partial charge in [-0.15, -0.1) is 0 Å². The van der Waals surface area contributed by atoms with Gasteiger partial charge in [0.25, 0.3) is 0 Å². The average Bonchev–Trinajstić information content (AvgIpc) is 2.79. The average molecular weight is 402 g/mol. The first-order valence-corrected chi connectivity index (χ1v) is 9.73. The van der Waals surface area contributed by atoms with Crippen LogP contribution in [0.1, 0.15) is 27.7 Å². The summed E-state index contributed by atoms with van der Waals surface area (Å²) in [6.07, 6.45) is 0. The van der Waals surface area contributed by atoms with E-state index in [1.54, 1.807) is 12.1 Å². The van der Waals surface area contributed by atoms with Crippen LogP contribution in [0.4, 0.5) is 0 Å². The summed E-state index contributed by atoms with van der Waals surface area (Å²) in [5, 5.41) is 0.924. The van der Waals surface area contributed by atoms with Crippen molar-refractivity contribution in [3.05, 3.63) is 22.2 Å². The van der Waals surface area contributed by atoms with Gasteiger partial charge < -0.3 is 18.8 Å². The first-order chi connectivity index (χ1) is 12.2. The summed E-state index contributed by atoms with van der Waals surface area (Å²) in [6, 6.07) is 3.61.